The summed E-state index contributed by atoms with van der Waals surface area (Å²) in [6, 6.07) is 1.49. The van der Waals surface area contributed by atoms with Crippen LogP contribution in [0.5, 0.6) is 0 Å². The molecule has 0 aliphatic rings. The minimum Gasteiger partial charge on any atom is -0.384 e. The van der Waals surface area contributed by atoms with E-state index in [9.17, 15) is 4.79 Å². The Morgan fingerprint density at radius 3 is 2.76 bits per heavy atom. The van der Waals surface area contributed by atoms with Crippen LogP contribution in [0.3, 0.4) is 0 Å². The number of aromatic nitrogens is 1. The van der Waals surface area contributed by atoms with Gasteiger partial charge in [0, 0.05) is 12.7 Å². The Balaban J connectivity index is 2.66. The second kappa shape index (κ2) is 6.45. The summed E-state index contributed by atoms with van der Waals surface area (Å²) in [7, 11) is 0. The fourth-order valence-corrected chi connectivity index (χ4v) is 1.73. The van der Waals surface area contributed by atoms with Gasteiger partial charge in [-0.1, -0.05) is 38.3 Å². The highest BCUT2D eigenvalue weighted by Crippen LogP contribution is 2.16. The summed E-state index contributed by atoms with van der Waals surface area (Å²) in [5.74, 6) is 0.593. The highest BCUT2D eigenvalue weighted by Gasteiger charge is 2.12. The van der Waals surface area contributed by atoms with Gasteiger partial charge in [0.1, 0.15) is 5.82 Å². The van der Waals surface area contributed by atoms with Crippen LogP contribution in [0.25, 0.3) is 0 Å². The van der Waals surface area contributed by atoms with Crippen LogP contribution in [0.2, 0.25) is 5.02 Å². The quantitative estimate of drug-likeness (QED) is 0.849. The van der Waals surface area contributed by atoms with Gasteiger partial charge >= 0.3 is 0 Å². The monoisotopic (exact) mass is 255 g/mol. The third-order valence-corrected chi connectivity index (χ3v) is 3.13. The molecule has 0 aliphatic heterocycles. The molecule has 1 amide bonds. The average Bonchev–Trinajstić information content (AvgIpc) is 2.33. The summed E-state index contributed by atoms with van der Waals surface area (Å²) in [5.41, 5.74) is 5.90. The summed E-state index contributed by atoms with van der Waals surface area (Å²) in [6.45, 7) is 4.87. The van der Waals surface area contributed by atoms with Gasteiger partial charge in [0.15, 0.2) is 0 Å². The Labute approximate surface area is 107 Å². The number of nitrogen functional groups attached to an aromatic ring is 1. The van der Waals surface area contributed by atoms with Gasteiger partial charge in [0.05, 0.1) is 10.6 Å². The van der Waals surface area contributed by atoms with Crippen molar-refractivity contribution in [1.29, 1.82) is 0 Å². The van der Waals surface area contributed by atoms with Crippen LogP contribution in [0.15, 0.2) is 12.3 Å². The van der Waals surface area contributed by atoms with E-state index >= 15 is 0 Å². The molecular weight excluding hydrogens is 238 g/mol. The van der Waals surface area contributed by atoms with Gasteiger partial charge in [-0.15, -0.1) is 0 Å². The molecule has 0 unspecified atom stereocenters. The Morgan fingerprint density at radius 1 is 1.53 bits per heavy atom. The second-order valence-corrected chi connectivity index (χ2v) is 4.39. The van der Waals surface area contributed by atoms with Crippen LogP contribution >= 0.6 is 11.6 Å². The lowest BCUT2D eigenvalue weighted by Crippen LogP contribution is -2.29. The van der Waals surface area contributed by atoms with Crippen molar-refractivity contribution in [2.24, 2.45) is 5.92 Å². The van der Waals surface area contributed by atoms with Crippen molar-refractivity contribution in [2.75, 3.05) is 12.3 Å². The summed E-state index contributed by atoms with van der Waals surface area (Å²) in [6.07, 6.45) is 3.48. The summed E-state index contributed by atoms with van der Waals surface area (Å²) < 4.78 is 0. The lowest BCUT2D eigenvalue weighted by Gasteiger charge is -2.13. The first kappa shape index (κ1) is 13.8. The summed E-state index contributed by atoms with van der Waals surface area (Å²) in [4.78, 5) is 15.7. The predicted molar refractivity (Wildman–Crippen MR) is 70.1 cm³/mol. The molecule has 0 atom stereocenters. The van der Waals surface area contributed by atoms with Gasteiger partial charge in [-0.25, -0.2) is 4.98 Å². The maximum atomic E-state index is 11.9. The smallest absolute Gasteiger partial charge is 0.252 e. The summed E-state index contributed by atoms with van der Waals surface area (Å²) in [5, 5.41) is 3.18. The molecule has 3 N–H and O–H groups in total. The van der Waals surface area contributed by atoms with Crippen LogP contribution in [0.4, 0.5) is 5.82 Å². The number of anilines is 1. The third kappa shape index (κ3) is 3.89. The molecule has 17 heavy (non-hydrogen) atoms. The molecule has 0 saturated carbocycles. The van der Waals surface area contributed by atoms with Gasteiger partial charge in [-0.05, 0) is 12.0 Å². The lowest BCUT2D eigenvalue weighted by molar-refractivity contribution is 0.0946. The third-order valence-electron chi connectivity index (χ3n) is 2.83. The highest BCUT2D eigenvalue weighted by molar-refractivity contribution is 6.33. The number of rotatable bonds is 5. The molecule has 0 aliphatic carbocycles. The Kier molecular flexibility index (Phi) is 5.22. The van der Waals surface area contributed by atoms with Gasteiger partial charge in [0.25, 0.3) is 5.91 Å². The second-order valence-electron chi connectivity index (χ2n) is 3.98. The largest absolute Gasteiger partial charge is 0.384 e. The van der Waals surface area contributed by atoms with Crippen LogP contribution in [0, 0.1) is 5.92 Å². The maximum absolute atomic E-state index is 11.9. The molecule has 94 valence electrons. The van der Waals surface area contributed by atoms with Crippen molar-refractivity contribution >= 4 is 23.3 Å². The standard InChI is InChI=1S/C12H18ClN3O/c1-3-8(4-2)6-16-12(17)9-5-11(14)15-7-10(9)13/h5,7-8H,3-4,6H2,1-2H3,(H2,14,15)(H,16,17). The van der Waals surface area contributed by atoms with E-state index in [2.05, 4.69) is 24.1 Å². The molecule has 0 fully saturated rings. The first-order chi connectivity index (χ1) is 8.08. The number of carbonyl (C=O) groups is 1. The zero-order valence-electron chi connectivity index (χ0n) is 10.2. The predicted octanol–water partition coefficient (Wildman–Crippen LogP) is 2.48. The number of hydrogen-bond acceptors (Lipinski definition) is 3. The lowest BCUT2D eigenvalue weighted by atomic mass is 10.0. The van der Waals surface area contributed by atoms with E-state index in [1.807, 2.05) is 0 Å². The first-order valence-electron chi connectivity index (χ1n) is 5.77. The fraction of sp³-hybridized carbons (Fsp3) is 0.500. The molecule has 5 heteroatoms. The number of pyridine rings is 1. The van der Waals surface area contributed by atoms with Crippen molar-refractivity contribution in [2.45, 2.75) is 26.7 Å². The van der Waals surface area contributed by atoms with Crippen molar-refractivity contribution in [1.82, 2.24) is 10.3 Å². The topological polar surface area (TPSA) is 68.0 Å². The number of hydrogen-bond donors (Lipinski definition) is 2. The van der Waals surface area contributed by atoms with Gasteiger partial charge in [-0.3, -0.25) is 4.79 Å². The fourth-order valence-electron chi connectivity index (χ4n) is 1.54. The van der Waals surface area contributed by atoms with Gasteiger partial charge in [-0.2, -0.15) is 0 Å². The SMILES string of the molecule is CCC(CC)CNC(=O)c1cc(N)ncc1Cl. The molecule has 1 rings (SSSR count). The number of nitrogens with zero attached hydrogens (tertiary/aromatic N) is 1. The van der Waals surface area contributed by atoms with E-state index in [1.165, 1.54) is 12.3 Å². The van der Waals surface area contributed by atoms with E-state index in [1.54, 1.807) is 0 Å². The van der Waals surface area contributed by atoms with Crippen LogP contribution < -0.4 is 11.1 Å². The molecule has 0 radical (unpaired) electrons. The molecule has 0 aromatic carbocycles. The van der Waals surface area contributed by atoms with E-state index in [0.717, 1.165) is 12.8 Å². The van der Waals surface area contributed by atoms with E-state index < -0.39 is 0 Å². The normalized spacial score (nSPS) is 10.6. The van der Waals surface area contributed by atoms with Crippen LogP contribution in [0.1, 0.15) is 37.0 Å². The Morgan fingerprint density at radius 2 is 2.18 bits per heavy atom. The number of halogens is 1. The molecule has 1 aromatic heterocycles. The minimum absolute atomic E-state index is 0.198. The maximum Gasteiger partial charge on any atom is 0.252 e. The van der Waals surface area contributed by atoms with Crippen LogP contribution in [-0.2, 0) is 0 Å². The zero-order valence-corrected chi connectivity index (χ0v) is 10.9. The van der Waals surface area contributed by atoms with Gasteiger partial charge in [0.2, 0.25) is 0 Å². The van der Waals surface area contributed by atoms with E-state index in [-0.39, 0.29) is 5.91 Å². The molecule has 0 saturated heterocycles. The Bertz CT molecular complexity index is 391. The van der Waals surface area contributed by atoms with Crippen molar-refractivity contribution < 1.29 is 4.79 Å². The highest BCUT2D eigenvalue weighted by atomic mass is 35.5. The molecule has 0 spiro atoms. The number of amides is 1. The average molecular weight is 256 g/mol. The molecule has 0 bridgehead atoms. The molecule has 1 heterocycles. The number of nitrogens with one attached hydrogen (secondary N) is 1. The summed E-state index contributed by atoms with van der Waals surface area (Å²) >= 11 is 5.90. The van der Waals surface area contributed by atoms with Crippen molar-refractivity contribution in [3.05, 3.63) is 22.8 Å². The zero-order chi connectivity index (χ0) is 12.8. The Hall–Kier alpha value is -1.29. The van der Waals surface area contributed by atoms with Crippen molar-refractivity contribution in [3.63, 3.8) is 0 Å². The van der Waals surface area contributed by atoms with Crippen LogP contribution in [-0.4, -0.2) is 17.4 Å². The number of carbonyl (C=O) groups excluding carboxylic acids is 1. The number of nitrogens with two attached hydrogens (primary N) is 1. The minimum atomic E-state index is -0.198. The first-order valence-corrected chi connectivity index (χ1v) is 6.15. The van der Waals surface area contributed by atoms with Crippen molar-refractivity contribution in [3.8, 4) is 0 Å². The van der Waals surface area contributed by atoms with Gasteiger partial charge < -0.3 is 11.1 Å². The van der Waals surface area contributed by atoms with E-state index in [0.29, 0.717) is 28.9 Å². The molecule has 4 nitrogen and oxygen atoms in total. The molecular formula is C12H18ClN3O. The molecule has 1 aromatic rings. The van der Waals surface area contributed by atoms with E-state index in [4.69, 9.17) is 17.3 Å².